The molecule has 2 aliphatic heterocycles. The van der Waals surface area contributed by atoms with Crippen molar-refractivity contribution in [1.82, 2.24) is 10.2 Å². The Morgan fingerprint density at radius 3 is 2.63 bits per heavy atom. The molecular formula is C25H33N3O6S. The van der Waals surface area contributed by atoms with Gasteiger partial charge in [-0.2, -0.15) is 8.42 Å². The van der Waals surface area contributed by atoms with Gasteiger partial charge in [0.1, 0.15) is 17.6 Å². The van der Waals surface area contributed by atoms with Gasteiger partial charge in [0.2, 0.25) is 0 Å². The summed E-state index contributed by atoms with van der Waals surface area (Å²) in [4.78, 5) is 17.6. The number of nitrogens with one attached hydrogen (secondary N) is 1. The molecule has 1 fully saturated rings. The van der Waals surface area contributed by atoms with Gasteiger partial charge in [-0.1, -0.05) is 24.3 Å². The lowest BCUT2D eigenvalue weighted by Crippen LogP contribution is -2.47. The molecule has 1 N–H and O–H groups in total. The van der Waals surface area contributed by atoms with Crippen LogP contribution in [0, 0.1) is 0 Å². The molecule has 0 spiro atoms. The number of methoxy groups -OCH3 is 1. The Labute approximate surface area is 207 Å². The van der Waals surface area contributed by atoms with Crippen LogP contribution in [-0.2, 0) is 14.3 Å². The summed E-state index contributed by atoms with van der Waals surface area (Å²) in [6.07, 6.45) is 1.62. The van der Waals surface area contributed by atoms with Crippen LogP contribution < -0.4 is 19.7 Å². The lowest BCUT2D eigenvalue weighted by atomic mass is 9.99. The van der Waals surface area contributed by atoms with E-state index in [2.05, 4.69) is 21.2 Å². The van der Waals surface area contributed by atoms with Gasteiger partial charge in [0.15, 0.2) is 0 Å². The van der Waals surface area contributed by atoms with E-state index in [4.69, 9.17) is 13.7 Å². The summed E-state index contributed by atoms with van der Waals surface area (Å²) in [6, 6.07) is 13.2. The van der Waals surface area contributed by atoms with Crippen LogP contribution in [0.2, 0.25) is 0 Å². The minimum Gasteiger partial charge on any atom is -0.495 e. The van der Waals surface area contributed by atoms with Crippen molar-refractivity contribution < 1.29 is 26.9 Å². The molecule has 1 saturated heterocycles. The van der Waals surface area contributed by atoms with E-state index >= 15 is 0 Å². The fourth-order valence-corrected chi connectivity index (χ4v) is 5.21. The molecule has 2 aromatic rings. The third-order valence-corrected chi connectivity index (χ3v) is 6.87. The van der Waals surface area contributed by atoms with E-state index in [0.29, 0.717) is 29.8 Å². The van der Waals surface area contributed by atoms with E-state index in [-0.39, 0.29) is 12.5 Å². The number of anilines is 1. The van der Waals surface area contributed by atoms with Crippen LogP contribution >= 0.6 is 0 Å². The molecule has 0 radical (unpaired) electrons. The lowest BCUT2D eigenvalue weighted by Gasteiger charge is -2.36. The first-order chi connectivity index (χ1) is 16.9. The van der Waals surface area contributed by atoms with Crippen LogP contribution in [-0.4, -0.2) is 78.5 Å². The van der Waals surface area contributed by atoms with Crippen molar-refractivity contribution in [2.75, 3.05) is 64.1 Å². The molecule has 0 unspecified atom stereocenters. The maximum absolute atomic E-state index is 12.8. The molecule has 0 saturated carbocycles. The number of amides is 1. The summed E-state index contributed by atoms with van der Waals surface area (Å²) in [5.41, 5.74) is 2.11. The maximum atomic E-state index is 12.8. The van der Waals surface area contributed by atoms with E-state index in [1.807, 2.05) is 18.2 Å². The highest BCUT2D eigenvalue weighted by Crippen LogP contribution is 2.37. The fraction of sp³-hybridized carbons (Fsp3) is 0.480. The Morgan fingerprint density at radius 1 is 1.11 bits per heavy atom. The highest BCUT2D eigenvalue weighted by molar-refractivity contribution is 7.86. The van der Waals surface area contributed by atoms with Crippen molar-refractivity contribution in [1.29, 1.82) is 0 Å². The first-order valence-corrected chi connectivity index (χ1v) is 13.7. The normalized spacial score (nSPS) is 18.5. The zero-order chi connectivity index (χ0) is 24.8. The van der Waals surface area contributed by atoms with Crippen molar-refractivity contribution in [3.8, 4) is 11.5 Å². The molecule has 10 heteroatoms. The van der Waals surface area contributed by atoms with E-state index in [0.717, 1.165) is 56.8 Å². The number of para-hydroxylation sites is 3. The quantitative estimate of drug-likeness (QED) is 0.412. The maximum Gasteiger partial charge on any atom is 0.264 e. The largest absolute Gasteiger partial charge is 0.495 e. The summed E-state index contributed by atoms with van der Waals surface area (Å²) < 4.78 is 39.6. The molecule has 4 rings (SSSR count). The highest BCUT2D eigenvalue weighted by atomic mass is 32.2. The zero-order valence-corrected chi connectivity index (χ0v) is 21.1. The third-order valence-electron chi connectivity index (χ3n) is 6.29. The molecule has 1 atom stereocenters. The van der Waals surface area contributed by atoms with Crippen molar-refractivity contribution in [3.63, 3.8) is 0 Å². The molecule has 0 aliphatic carbocycles. The summed E-state index contributed by atoms with van der Waals surface area (Å²) in [6.45, 7) is 5.49. The Hall–Kier alpha value is -2.82. The predicted molar refractivity (Wildman–Crippen MR) is 134 cm³/mol. The number of nitrogens with zero attached hydrogens (tertiary/aromatic N) is 2. The Morgan fingerprint density at radius 2 is 1.89 bits per heavy atom. The number of carbonyl (C=O) groups excluding carboxylic acids is 1. The SMILES string of the molecule is COc1ccccc1N1CCN(CCCNC(=O)c2cccc3c2OCC[C@H]3OS(C)(=O)=O)CC1. The first kappa shape index (κ1) is 25.3. The highest BCUT2D eigenvalue weighted by Gasteiger charge is 2.29. The van der Waals surface area contributed by atoms with E-state index in [1.54, 1.807) is 25.3 Å². The summed E-state index contributed by atoms with van der Waals surface area (Å²) >= 11 is 0. The standard InChI is InChI=1S/C25H33N3O6S/c1-32-23-10-4-3-9-21(23)28-16-14-27(15-17-28)13-6-12-26-25(29)20-8-5-7-19-22(34-35(2,30)31)11-18-33-24(19)20/h3-5,7-10,22H,6,11-18H2,1-2H3,(H,26,29)/t22-/m1/s1. The molecule has 2 aromatic carbocycles. The van der Waals surface area contributed by atoms with Gasteiger partial charge in [-0.25, -0.2) is 0 Å². The van der Waals surface area contributed by atoms with E-state index in [1.165, 1.54) is 0 Å². The van der Waals surface area contributed by atoms with Gasteiger partial charge in [0, 0.05) is 44.7 Å². The van der Waals surface area contributed by atoms with Crippen LogP contribution in [0.25, 0.3) is 0 Å². The van der Waals surface area contributed by atoms with Crippen molar-refractivity contribution in [2.24, 2.45) is 0 Å². The van der Waals surface area contributed by atoms with Crippen LogP contribution in [0.5, 0.6) is 11.5 Å². The Bertz CT molecular complexity index is 1130. The van der Waals surface area contributed by atoms with E-state index < -0.39 is 16.2 Å². The number of hydrogen-bond donors (Lipinski definition) is 1. The summed E-state index contributed by atoms with van der Waals surface area (Å²) in [7, 11) is -1.92. The first-order valence-electron chi connectivity index (χ1n) is 11.9. The average Bonchev–Trinajstić information content (AvgIpc) is 2.86. The molecule has 0 aromatic heterocycles. The molecule has 190 valence electrons. The van der Waals surface area contributed by atoms with Crippen LogP contribution in [0.4, 0.5) is 5.69 Å². The number of piperazine rings is 1. The summed E-state index contributed by atoms with van der Waals surface area (Å²) in [5.74, 6) is 1.06. The van der Waals surface area contributed by atoms with Gasteiger partial charge in [-0.3, -0.25) is 13.9 Å². The smallest absolute Gasteiger partial charge is 0.264 e. The number of fused-ring (bicyclic) bond motifs is 1. The van der Waals surface area contributed by atoms with Crippen LogP contribution in [0.3, 0.4) is 0 Å². The Kier molecular flexibility index (Phi) is 8.15. The van der Waals surface area contributed by atoms with Gasteiger partial charge < -0.3 is 19.7 Å². The van der Waals surface area contributed by atoms with Crippen LogP contribution in [0.15, 0.2) is 42.5 Å². The van der Waals surface area contributed by atoms with Crippen molar-refractivity contribution >= 4 is 21.7 Å². The monoisotopic (exact) mass is 503 g/mol. The molecule has 1 amide bonds. The van der Waals surface area contributed by atoms with E-state index in [9.17, 15) is 13.2 Å². The van der Waals surface area contributed by atoms with Crippen molar-refractivity contribution in [3.05, 3.63) is 53.6 Å². The molecule has 35 heavy (non-hydrogen) atoms. The minimum atomic E-state index is -3.62. The number of benzene rings is 2. The number of hydrogen-bond acceptors (Lipinski definition) is 8. The minimum absolute atomic E-state index is 0.233. The molecule has 0 bridgehead atoms. The van der Waals surface area contributed by atoms with Gasteiger partial charge in [0.05, 0.1) is 31.2 Å². The second-order valence-corrected chi connectivity index (χ2v) is 10.4. The van der Waals surface area contributed by atoms with Gasteiger partial charge in [-0.05, 0) is 31.2 Å². The molecule has 2 heterocycles. The average molecular weight is 504 g/mol. The molecular weight excluding hydrogens is 470 g/mol. The summed E-state index contributed by atoms with van der Waals surface area (Å²) in [5, 5.41) is 2.97. The predicted octanol–water partition coefficient (Wildman–Crippen LogP) is 2.44. The third kappa shape index (κ3) is 6.45. The van der Waals surface area contributed by atoms with Gasteiger partial charge >= 0.3 is 0 Å². The Balaban J connectivity index is 1.25. The number of carbonyl (C=O) groups is 1. The molecule has 9 nitrogen and oxygen atoms in total. The van der Waals surface area contributed by atoms with Crippen molar-refractivity contribution in [2.45, 2.75) is 18.9 Å². The molecule has 2 aliphatic rings. The number of ether oxygens (including phenoxy) is 2. The van der Waals surface area contributed by atoms with Gasteiger partial charge in [-0.15, -0.1) is 0 Å². The second-order valence-electron chi connectivity index (χ2n) is 8.76. The second kappa shape index (κ2) is 11.3. The van der Waals surface area contributed by atoms with Crippen LogP contribution in [0.1, 0.15) is 34.9 Å². The zero-order valence-electron chi connectivity index (χ0n) is 20.2. The fourth-order valence-electron chi connectivity index (χ4n) is 4.59. The lowest BCUT2D eigenvalue weighted by molar-refractivity contribution is 0.0941. The number of rotatable bonds is 9. The van der Waals surface area contributed by atoms with Gasteiger partial charge in [0.25, 0.3) is 16.0 Å². The topological polar surface area (TPSA) is 97.4 Å².